The van der Waals surface area contributed by atoms with Gasteiger partial charge in [0, 0.05) is 11.6 Å². The standard InChI is InChI=1S/C22H25ClN2O3/c1-3-28-22(27)20-5-4-12-24-25(20)21(26)14-18-13-17(7-6-15(18)2)16-8-10-19(23)11-9-16/h6-11,13,20,24H,3-5,12,14H2,1-2H3. The fourth-order valence-electron chi connectivity index (χ4n) is 3.39. The van der Waals surface area contributed by atoms with Gasteiger partial charge in [-0.2, -0.15) is 0 Å². The summed E-state index contributed by atoms with van der Waals surface area (Å²) in [5.41, 5.74) is 7.11. The molecule has 0 saturated carbocycles. The van der Waals surface area contributed by atoms with Crippen molar-refractivity contribution in [3.63, 3.8) is 0 Å². The van der Waals surface area contributed by atoms with Crippen molar-refractivity contribution in [1.82, 2.24) is 10.4 Å². The number of carbonyl (C=O) groups excluding carboxylic acids is 2. The molecule has 1 amide bonds. The maximum Gasteiger partial charge on any atom is 0.330 e. The fraction of sp³-hybridized carbons (Fsp3) is 0.364. The van der Waals surface area contributed by atoms with Crippen LogP contribution in [0.3, 0.4) is 0 Å². The van der Waals surface area contributed by atoms with Crippen LogP contribution in [0.2, 0.25) is 5.02 Å². The first-order valence-corrected chi connectivity index (χ1v) is 9.95. The predicted octanol–water partition coefficient (Wildman–Crippen LogP) is 3.92. The van der Waals surface area contributed by atoms with Crippen LogP contribution >= 0.6 is 11.6 Å². The second kappa shape index (κ2) is 9.22. The quantitative estimate of drug-likeness (QED) is 0.773. The van der Waals surface area contributed by atoms with E-state index in [1.807, 2.05) is 49.4 Å². The van der Waals surface area contributed by atoms with Gasteiger partial charge in [0.1, 0.15) is 6.04 Å². The van der Waals surface area contributed by atoms with E-state index in [0.717, 1.165) is 28.7 Å². The molecule has 1 N–H and O–H groups in total. The molecule has 28 heavy (non-hydrogen) atoms. The molecule has 1 atom stereocenters. The zero-order valence-corrected chi connectivity index (χ0v) is 17.0. The van der Waals surface area contributed by atoms with Crippen LogP contribution in [0.4, 0.5) is 0 Å². The lowest BCUT2D eigenvalue weighted by atomic mass is 9.97. The summed E-state index contributed by atoms with van der Waals surface area (Å²) in [6, 6.07) is 13.1. The van der Waals surface area contributed by atoms with Crippen LogP contribution in [0.15, 0.2) is 42.5 Å². The summed E-state index contributed by atoms with van der Waals surface area (Å²) >= 11 is 5.98. The van der Waals surface area contributed by atoms with Crippen molar-refractivity contribution in [2.75, 3.05) is 13.2 Å². The summed E-state index contributed by atoms with van der Waals surface area (Å²) in [4.78, 5) is 25.2. The maximum atomic E-state index is 13.0. The highest BCUT2D eigenvalue weighted by molar-refractivity contribution is 6.30. The minimum Gasteiger partial charge on any atom is -0.464 e. The second-order valence-electron chi connectivity index (χ2n) is 6.91. The maximum absolute atomic E-state index is 13.0. The number of aryl methyl sites for hydroxylation is 1. The second-order valence-corrected chi connectivity index (χ2v) is 7.34. The number of ether oxygens (including phenoxy) is 1. The molecule has 1 aliphatic rings. The molecular weight excluding hydrogens is 376 g/mol. The number of benzene rings is 2. The molecule has 0 spiro atoms. The van der Waals surface area contributed by atoms with Gasteiger partial charge in [-0.05, 0) is 61.1 Å². The number of nitrogens with one attached hydrogen (secondary N) is 1. The summed E-state index contributed by atoms with van der Waals surface area (Å²) in [6.45, 7) is 4.73. The van der Waals surface area contributed by atoms with E-state index in [2.05, 4.69) is 5.43 Å². The van der Waals surface area contributed by atoms with Crippen LogP contribution in [0.25, 0.3) is 11.1 Å². The van der Waals surface area contributed by atoms with Gasteiger partial charge in [0.15, 0.2) is 0 Å². The monoisotopic (exact) mass is 400 g/mol. The topological polar surface area (TPSA) is 58.6 Å². The summed E-state index contributed by atoms with van der Waals surface area (Å²) in [5.74, 6) is -0.483. The zero-order valence-electron chi connectivity index (χ0n) is 16.2. The molecule has 1 fully saturated rings. The van der Waals surface area contributed by atoms with Crippen molar-refractivity contribution in [3.8, 4) is 11.1 Å². The van der Waals surface area contributed by atoms with E-state index in [1.54, 1.807) is 6.92 Å². The molecule has 1 heterocycles. The van der Waals surface area contributed by atoms with E-state index < -0.39 is 6.04 Å². The summed E-state index contributed by atoms with van der Waals surface area (Å²) in [7, 11) is 0. The first-order valence-electron chi connectivity index (χ1n) is 9.57. The Labute approximate surface area is 170 Å². The van der Waals surface area contributed by atoms with E-state index in [0.29, 0.717) is 24.6 Å². The Hall–Kier alpha value is -2.37. The summed E-state index contributed by atoms with van der Waals surface area (Å²) in [6.07, 6.45) is 1.66. The molecular formula is C22H25ClN2O3. The molecule has 6 heteroatoms. The third kappa shape index (κ3) is 4.72. The number of carbonyl (C=O) groups is 2. The number of esters is 1. The molecule has 2 aromatic carbocycles. The van der Waals surface area contributed by atoms with Gasteiger partial charge in [0.05, 0.1) is 13.0 Å². The van der Waals surface area contributed by atoms with Crippen LogP contribution in [-0.2, 0) is 20.7 Å². The fourth-order valence-corrected chi connectivity index (χ4v) is 3.52. The molecule has 1 aliphatic heterocycles. The van der Waals surface area contributed by atoms with Crippen LogP contribution in [0, 0.1) is 6.92 Å². The van der Waals surface area contributed by atoms with E-state index >= 15 is 0 Å². The zero-order chi connectivity index (χ0) is 20.1. The van der Waals surface area contributed by atoms with Crippen molar-refractivity contribution >= 4 is 23.5 Å². The van der Waals surface area contributed by atoms with Crippen molar-refractivity contribution in [2.24, 2.45) is 0 Å². The number of nitrogens with zero attached hydrogens (tertiary/aromatic N) is 1. The molecule has 148 valence electrons. The van der Waals surface area contributed by atoms with Crippen LogP contribution in [0.5, 0.6) is 0 Å². The SMILES string of the molecule is CCOC(=O)C1CCCNN1C(=O)Cc1cc(-c2ccc(Cl)cc2)ccc1C. The highest BCUT2D eigenvalue weighted by Crippen LogP contribution is 2.25. The number of hydrazine groups is 1. The minimum atomic E-state index is -0.569. The van der Waals surface area contributed by atoms with Gasteiger partial charge >= 0.3 is 5.97 Å². The third-order valence-corrected chi connectivity index (χ3v) is 5.20. The van der Waals surface area contributed by atoms with Gasteiger partial charge in [-0.3, -0.25) is 9.80 Å². The van der Waals surface area contributed by atoms with Crippen molar-refractivity contribution < 1.29 is 14.3 Å². The van der Waals surface area contributed by atoms with Gasteiger partial charge in [-0.1, -0.05) is 41.9 Å². The molecule has 2 aromatic rings. The number of hydrogen-bond acceptors (Lipinski definition) is 4. The van der Waals surface area contributed by atoms with Gasteiger partial charge in [0.25, 0.3) is 0 Å². The molecule has 0 aliphatic carbocycles. The number of amides is 1. The van der Waals surface area contributed by atoms with Crippen molar-refractivity contribution in [1.29, 1.82) is 0 Å². The van der Waals surface area contributed by atoms with E-state index in [4.69, 9.17) is 16.3 Å². The Morgan fingerprint density at radius 1 is 1.18 bits per heavy atom. The largest absolute Gasteiger partial charge is 0.464 e. The molecule has 0 bridgehead atoms. The van der Waals surface area contributed by atoms with Crippen LogP contribution in [-0.4, -0.2) is 36.1 Å². The highest BCUT2D eigenvalue weighted by atomic mass is 35.5. The van der Waals surface area contributed by atoms with Gasteiger partial charge < -0.3 is 4.74 Å². The highest BCUT2D eigenvalue weighted by Gasteiger charge is 2.33. The summed E-state index contributed by atoms with van der Waals surface area (Å²) in [5, 5.41) is 2.14. The van der Waals surface area contributed by atoms with E-state index in [1.165, 1.54) is 5.01 Å². The Morgan fingerprint density at radius 2 is 1.89 bits per heavy atom. The van der Waals surface area contributed by atoms with Gasteiger partial charge in [-0.15, -0.1) is 0 Å². The average molecular weight is 401 g/mol. The predicted molar refractivity (Wildman–Crippen MR) is 110 cm³/mol. The Kier molecular flexibility index (Phi) is 6.70. The van der Waals surface area contributed by atoms with Crippen LogP contribution < -0.4 is 5.43 Å². The molecule has 1 unspecified atom stereocenters. The summed E-state index contributed by atoms with van der Waals surface area (Å²) < 4.78 is 5.14. The normalized spacial score (nSPS) is 16.7. The smallest absolute Gasteiger partial charge is 0.330 e. The molecule has 5 nitrogen and oxygen atoms in total. The van der Waals surface area contributed by atoms with Gasteiger partial charge in [-0.25, -0.2) is 10.2 Å². The number of hydrogen-bond donors (Lipinski definition) is 1. The van der Waals surface area contributed by atoms with Gasteiger partial charge in [0.2, 0.25) is 5.91 Å². The Balaban J connectivity index is 1.80. The minimum absolute atomic E-state index is 0.130. The Bertz CT molecular complexity index is 851. The van der Waals surface area contributed by atoms with Crippen molar-refractivity contribution in [2.45, 2.75) is 39.2 Å². The van der Waals surface area contributed by atoms with E-state index in [9.17, 15) is 9.59 Å². The first kappa shape index (κ1) is 20.4. The van der Waals surface area contributed by atoms with Crippen LogP contribution in [0.1, 0.15) is 30.9 Å². The number of halogens is 1. The molecule has 0 radical (unpaired) electrons. The van der Waals surface area contributed by atoms with Crippen molar-refractivity contribution in [3.05, 3.63) is 58.6 Å². The lowest BCUT2D eigenvalue weighted by Crippen LogP contribution is -2.57. The van der Waals surface area contributed by atoms with E-state index in [-0.39, 0.29) is 18.3 Å². The first-order chi connectivity index (χ1) is 13.5. The average Bonchev–Trinajstić information content (AvgIpc) is 2.70. The Morgan fingerprint density at radius 3 is 2.61 bits per heavy atom. The molecule has 1 saturated heterocycles. The number of rotatable bonds is 5. The molecule has 0 aromatic heterocycles. The molecule has 3 rings (SSSR count). The lowest BCUT2D eigenvalue weighted by molar-refractivity contribution is -0.159. The lowest BCUT2D eigenvalue weighted by Gasteiger charge is -2.34. The third-order valence-electron chi connectivity index (χ3n) is 4.94.